The van der Waals surface area contributed by atoms with E-state index in [0.29, 0.717) is 11.5 Å². The van der Waals surface area contributed by atoms with Gasteiger partial charge in [0.2, 0.25) is 5.69 Å². The zero-order valence-corrected chi connectivity index (χ0v) is 19.6. The molecule has 3 aromatic carbocycles. The van der Waals surface area contributed by atoms with Crippen LogP contribution in [0.4, 0.5) is 4.39 Å². The third-order valence-electron chi connectivity index (χ3n) is 4.73. The fourth-order valence-corrected chi connectivity index (χ4v) is 4.01. The zero-order chi connectivity index (χ0) is 25.7. The minimum absolute atomic E-state index is 0.0365. The molecule has 11 heteroatoms. The van der Waals surface area contributed by atoms with Crippen LogP contribution in [0.15, 0.2) is 94.6 Å². The van der Waals surface area contributed by atoms with E-state index in [1.165, 1.54) is 36.4 Å². The van der Waals surface area contributed by atoms with Crippen molar-refractivity contribution in [3.63, 3.8) is 0 Å². The van der Waals surface area contributed by atoms with Crippen molar-refractivity contribution in [2.24, 2.45) is 0 Å². The van der Waals surface area contributed by atoms with Crippen LogP contribution in [0.3, 0.4) is 0 Å². The van der Waals surface area contributed by atoms with Gasteiger partial charge in [0.15, 0.2) is 5.75 Å². The van der Waals surface area contributed by atoms with E-state index in [9.17, 15) is 22.4 Å². The third-order valence-corrected chi connectivity index (χ3v) is 5.98. The van der Waals surface area contributed by atoms with Crippen LogP contribution < -0.4 is 14.5 Å². The van der Waals surface area contributed by atoms with E-state index in [1.807, 2.05) is 6.07 Å². The first-order chi connectivity index (χ1) is 17.3. The van der Waals surface area contributed by atoms with Crippen LogP contribution in [0.25, 0.3) is 5.69 Å². The predicted octanol–water partition coefficient (Wildman–Crippen LogP) is 4.11. The summed E-state index contributed by atoms with van der Waals surface area (Å²) in [7, 11) is -4.47. The van der Waals surface area contributed by atoms with Gasteiger partial charge in [-0.3, -0.25) is 4.79 Å². The summed E-state index contributed by atoms with van der Waals surface area (Å²) in [5.74, 6) is -1.21. The molecule has 0 aliphatic carbocycles. The topological polar surface area (TPSA) is 114 Å². The highest BCUT2D eigenvalue weighted by Gasteiger charge is 2.25. The molecule has 4 aromatic rings. The SMILES string of the molecule is CCOC(=O)c1nn(-c2ccc(F)cc2)c(=O)cc1OS(=O)(=O)c1ccc(Oc2ccccc2)cc1. The van der Waals surface area contributed by atoms with Gasteiger partial charge in [-0.05, 0) is 67.6 Å². The van der Waals surface area contributed by atoms with E-state index in [2.05, 4.69) is 5.10 Å². The first kappa shape index (κ1) is 24.6. The molecule has 0 bridgehead atoms. The number of carbonyl (C=O) groups is 1. The maximum atomic E-state index is 13.3. The largest absolute Gasteiger partial charge is 0.461 e. The molecule has 4 rings (SSSR count). The van der Waals surface area contributed by atoms with Crippen LogP contribution in [-0.2, 0) is 14.9 Å². The maximum absolute atomic E-state index is 13.3. The molecule has 0 aliphatic heterocycles. The van der Waals surface area contributed by atoms with Crippen LogP contribution in [-0.4, -0.2) is 30.8 Å². The second kappa shape index (κ2) is 10.4. The van der Waals surface area contributed by atoms with Crippen molar-refractivity contribution < 1.29 is 31.3 Å². The average Bonchev–Trinajstić information content (AvgIpc) is 2.86. The Hall–Kier alpha value is -4.51. The number of esters is 1. The molecular weight excluding hydrogens is 491 g/mol. The molecule has 0 atom stereocenters. The van der Waals surface area contributed by atoms with Gasteiger partial charge in [0, 0.05) is 0 Å². The average molecular weight is 510 g/mol. The number of carbonyl (C=O) groups excluding carboxylic acids is 1. The number of aromatic nitrogens is 2. The molecule has 0 spiro atoms. The number of hydrogen-bond acceptors (Lipinski definition) is 8. The zero-order valence-electron chi connectivity index (χ0n) is 18.8. The minimum Gasteiger partial charge on any atom is -0.461 e. The lowest BCUT2D eigenvalue weighted by Gasteiger charge is -2.13. The van der Waals surface area contributed by atoms with E-state index in [4.69, 9.17) is 13.7 Å². The molecule has 184 valence electrons. The second-order valence-corrected chi connectivity index (χ2v) is 8.77. The fraction of sp³-hybridized carbons (Fsp3) is 0.0800. The van der Waals surface area contributed by atoms with Gasteiger partial charge in [-0.15, -0.1) is 0 Å². The first-order valence-electron chi connectivity index (χ1n) is 10.6. The van der Waals surface area contributed by atoms with Crippen molar-refractivity contribution in [3.05, 3.63) is 107 Å². The van der Waals surface area contributed by atoms with E-state index in [-0.39, 0.29) is 17.2 Å². The summed E-state index contributed by atoms with van der Waals surface area (Å²) >= 11 is 0. The highest BCUT2D eigenvalue weighted by molar-refractivity contribution is 7.87. The Morgan fingerprint density at radius 2 is 1.58 bits per heavy atom. The summed E-state index contributed by atoms with van der Waals surface area (Å²) in [5, 5.41) is 3.93. The molecule has 0 N–H and O–H groups in total. The normalized spacial score (nSPS) is 11.1. The van der Waals surface area contributed by atoms with Gasteiger partial charge in [-0.1, -0.05) is 18.2 Å². The Bertz CT molecular complexity index is 1540. The summed E-state index contributed by atoms with van der Waals surface area (Å²) in [6.45, 7) is 1.51. The minimum atomic E-state index is -4.47. The Labute approximate surface area is 205 Å². The van der Waals surface area contributed by atoms with Crippen LogP contribution in [0.5, 0.6) is 17.2 Å². The van der Waals surface area contributed by atoms with Crippen molar-refractivity contribution in [2.45, 2.75) is 11.8 Å². The molecule has 0 radical (unpaired) electrons. The standard InChI is InChI=1S/C25H19FN2O7S/c1-2-33-25(30)24-22(16-23(29)28(27-24)18-10-8-17(26)9-11-18)35-36(31,32)21-14-12-20(13-15-21)34-19-6-4-3-5-7-19/h3-16H,2H2,1H3. The van der Waals surface area contributed by atoms with Crippen molar-refractivity contribution in [1.29, 1.82) is 0 Å². The summed E-state index contributed by atoms with van der Waals surface area (Å²) < 4.78 is 55.6. The lowest BCUT2D eigenvalue weighted by atomic mass is 10.3. The molecule has 36 heavy (non-hydrogen) atoms. The van der Waals surface area contributed by atoms with Crippen molar-refractivity contribution in [3.8, 4) is 22.9 Å². The smallest absolute Gasteiger partial charge is 0.362 e. The number of rotatable bonds is 8. The Balaban J connectivity index is 1.66. The number of hydrogen-bond donors (Lipinski definition) is 0. The van der Waals surface area contributed by atoms with Crippen LogP contribution >= 0.6 is 0 Å². The van der Waals surface area contributed by atoms with Gasteiger partial charge >= 0.3 is 16.1 Å². The Morgan fingerprint density at radius 1 is 0.944 bits per heavy atom. The second-order valence-electron chi connectivity index (χ2n) is 7.23. The predicted molar refractivity (Wildman–Crippen MR) is 127 cm³/mol. The third kappa shape index (κ3) is 5.58. The van der Waals surface area contributed by atoms with Crippen molar-refractivity contribution in [2.75, 3.05) is 6.61 Å². The molecule has 1 heterocycles. The molecule has 0 amide bonds. The van der Waals surface area contributed by atoms with Gasteiger partial charge in [0.1, 0.15) is 22.2 Å². The van der Waals surface area contributed by atoms with Crippen LogP contribution in [0, 0.1) is 5.82 Å². The summed E-state index contributed by atoms with van der Waals surface area (Å²) in [4.78, 5) is 24.9. The monoisotopic (exact) mass is 510 g/mol. The molecule has 0 unspecified atom stereocenters. The highest BCUT2D eigenvalue weighted by Crippen LogP contribution is 2.25. The van der Waals surface area contributed by atoms with Crippen molar-refractivity contribution in [1.82, 2.24) is 9.78 Å². The summed E-state index contributed by atoms with van der Waals surface area (Å²) in [5.41, 5.74) is -1.21. The van der Waals surface area contributed by atoms with Gasteiger partial charge < -0.3 is 13.7 Å². The van der Waals surface area contributed by atoms with Crippen LogP contribution in [0.1, 0.15) is 17.4 Å². The van der Waals surface area contributed by atoms with E-state index < -0.39 is 38.9 Å². The van der Waals surface area contributed by atoms with Gasteiger partial charge in [0.05, 0.1) is 18.4 Å². The Kier molecular flexibility index (Phi) is 7.11. The number of benzene rings is 3. The lowest BCUT2D eigenvalue weighted by molar-refractivity contribution is 0.0515. The first-order valence-corrected chi connectivity index (χ1v) is 12.0. The molecule has 0 saturated heterocycles. The van der Waals surface area contributed by atoms with E-state index in [1.54, 1.807) is 31.2 Å². The summed E-state index contributed by atoms with van der Waals surface area (Å²) in [6.07, 6.45) is 0. The maximum Gasteiger partial charge on any atom is 0.362 e. The van der Waals surface area contributed by atoms with Gasteiger partial charge in [-0.25, -0.2) is 9.18 Å². The quantitative estimate of drug-likeness (QED) is 0.257. The number of ether oxygens (including phenoxy) is 2. The molecule has 0 saturated carbocycles. The molecular formula is C25H19FN2O7S. The molecule has 0 fully saturated rings. The van der Waals surface area contributed by atoms with Gasteiger partial charge in [0.25, 0.3) is 5.56 Å². The number of halogens is 1. The highest BCUT2D eigenvalue weighted by atomic mass is 32.2. The number of para-hydroxylation sites is 1. The molecule has 9 nitrogen and oxygen atoms in total. The van der Waals surface area contributed by atoms with Crippen molar-refractivity contribution >= 4 is 16.1 Å². The Morgan fingerprint density at radius 3 is 2.22 bits per heavy atom. The molecule has 1 aromatic heterocycles. The lowest BCUT2D eigenvalue weighted by Crippen LogP contribution is -2.26. The van der Waals surface area contributed by atoms with E-state index >= 15 is 0 Å². The number of nitrogens with zero attached hydrogens (tertiary/aromatic N) is 2. The summed E-state index contributed by atoms with van der Waals surface area (Å²) in [6, 6.07) is 19.8. The van der Waals surface area contributed by atoms with E-state index in [0.717, 1.165) is 22.9 Å². The van der Waals surface area contributed by atoms with Crippen LogP contribution in [0.2, 0.25) is 0 Å². The van der Waals surface area contributed by atoms with Gasteiger partial charge in [-0.2, -0.15) is 18.2 Å². The molecule has 0 aliphatic rings. The fourth-order valence-electron chi connectivity index (χ4n) is 3.08.